The lowest BCUT2D eigenvalue weighted by Crippen LogP contribution is -2.00. The third-order valence-electron chi connectivity index (χ3n) is 2.43. The third-order valence-corrected chi connectivity index (χ3v) is 3.36. The lowest BCUT2D eigenvalue weighted by atomic mass is 10.2. The van der Waals surface area contributed by atoms with E-state index in [9.17, 15) is 14.5 Å². The van der Waals surface area contributed by atoms with Crippen LogP contribution in [0.2, 0.25) is 0 Å². The summed E-state index contributed by atoms with van der Waals surface area (Å²) >= 11 is 1.07. The average molecular weight is 266 g/mol. The van der Waals surface area contributed by atoms with Crippen LogP contribution >= 0.6 is 11.3 Å². The van der Waals surface area contributed by atoms with E-state index >= 15 is 0 Å². The van der Waals surface area contributed by atoms with Crippen molar-refractivity contribution >= 4 is 22.0 Å². The standard InChI is InChI=1S/C12H11FN2O2S/c1-8-2-3-11(10(13)4-8)14-6-9-5-12(15(16)17)18-7-9/h2-5,7,14H,6H2,1H3. The minimum Gasteiger partial charge on any atom is -0.379 e. The Morgan fingerprint density at radius 2 is 2.22 bits per heavy atom. The van der Waals surface area contributed by atoms with Crippen LogP contribution in [-0.2, 0) is 6.54 Å². The van der Waals surface area contributed by atoms with Crippen LogP contribution in [0.5, 0.6) is 0 Å². The molecule has 1 aromatic carbocycles. The van der Waals surface area contributed by atoms with Gasteiger partial charge in [-0.1, -0.05) is 17.4 Å². The van der Waals surface area contributed by atoms with E-state index < -0.39 is 4.92 Å². The predicted octanol–water partition coefficient (Wildman–Crippen LogP) is 3.72. The van der Waals surface area contributed by atoms with Crippen molar-refractivity contribution < 1.29 is 9.31 Å². The Morgan fingerprint density at radius 3 is 2.83 bits per heavy atom. The molecule has 0 aliphatic carbocycles. The van der Waals surface area contributed by atoms with Crippen molar-refractivity contribution in [1.29, 1.82) is 0 Å². The van der Waals surface area contributed by atoms with Gasteiger partial charge in [-0.15, -0.1) is 0 Å². The number of nitrogens with zero attached hydrogens (tertiary/aromatic N) is 1. The quantitative estimate of drug-likeness (QED) is 0.678. The highest BCUT2D eigenvalue weighted by atomic mass is 32.1. The summed E-state index contributed by atoms with van der Waals surface area (Å²) in [6, 6.07) is 6.40. The molecular formula is C12H11FN2O2S. The molecule has 0 atom stereocenters. The van der Waals surface area contributed by atoms with Gasteiger partial charge in [-0.05, 0) is 30.2 Å². The van der Waals surface area contributed by atoms with Crippen molar-refractivity contribution in [2.75, 3.05) is 5.32 Å². The molecule has 0 saturated heterocycles. The molecule has 0 aliphatic heterocycles. The number of nitro groups is 1. The summed E-state index contributed by atoms with van der Waals surface area (Å²) in [6.45, 7) is 2.18. The summed E-state index contributed by atoms with van der Waals surface area (Å²) in [5.74, 6) is -0.320. The number of hydrogen-bond acceptors (Lipinski definition) is 4. The van der Waals surface area contributed by atoms with Crippen LogP contribution in [0.15, 0.2) is 29.6 Å². The Balaban J connectivity index is 2.04. The summed E-state index contributed by atoms with van der Waals surface area (Å²) in [4.78, 5) is 10.1. The SMILES string of the molecule is Cc1ccc(NCc2csc([N+](=O)[O-])c2)c(F)c1. The zero-order valence-electron chi connectivity index (χ0n) is 9.64. The Bertz CT molecular complexity index is 583. The van der Waals surface area contributed by atoms with Crippen molar-refractivity contribution in [3.63, 3.8) is 0 Å². The normalized spacial score (nSPS) is 10.3. The van der Waals surface area contributed by atoms with Crippen molar-refractivity contribution in [1.82, 2.24) is 0 Å². The Hall–Kier alpha value is -1.95. The summed E-state index contributed by atoms with van der Waals surface area (Å²) in [5, 5.41) is 15.2. The van der Waals surface area contributed by atoms with Gasteiger partial charge in [0, 0.05) is 18.0 Å². The van der Waals surface area contributed by atoms with Crippen LogP contribution < -0.4 is 5.32 Å². The summed E-state index contributed by atoms with van der Waals surface area (Å²) in [5.41, 5.74) is 2.02. The van der Waals surface area contributed by atoms with Gasteiger partial charge in [-0.2, -0.15) is 0 Å². The fraction of sp³-hybridized carbons (Fsp3) is 0.167. The second kappa shape index (κ2) is 5.14. The molecule has 6 heteroatoms. The lowest BCUT2D eigenvalue weighted by molar-refractivity contribution is -0.380. The minimum absolute atomic E-state index is 0.0937. The minimum atomic E-state index is -0.430. The Labute approximate surface area is 107 Å². The second-order valence-electron chi connectivity index (χ2n) is 3.89. The molecule has 0 aliphatic rings. The number of aryl methyl sites for hydroxylation is 1. The van der Waals surface area contributed by atoms with Crippen LogP contribution in [0, 0.1) is 22.9 Å². The molecule has 1 heterocycles. The van der Waals surface area contributed by atoms with E-state index in [2.05, 4.69) is 5.32 Å². The van der Waals surface area contributed by atoms with Crippen LogP contribution in [0.4, 0.5) is 15.1 Å². The van der Waals surface area contributed by atoms with Gasteiger partial charge in [0.25, 0.3) is 0 Å². The number of benzene rings is 1. The van der Waals surface area contributed by atoms with Crippen molar-refractivity contribution in [3.05, 3.63) is 56.7 Å². The molecule has 0 unspecified atom stereocenters. The van der Waals surface area contributed by atoms with Crippen molar-refractivity contribution in [2.24, 2.45) is 0 Å². The first-order valence-corrected chi connectivity index (χ1v) is 6.16. The van der Waals surface area contributed by atoms with E-state index in [-0.39, 0.29) is 10.8 Å². The molecule has 0 fully saturated rings. The summed E-state index contributed by atoms with van der Waals surface area (Å²) in [6.07, 6.45) is 0. The van der Waals surface area contributed by atoms with Gasteiger partial charge >= 0.3 is 5.00 Å². The number of halogens is 1. The topological polar surface area (TPSA) is 55.2 Å². The van der Waals surface area contributed by atoms with Crippen molar-refractivity contribution in [2.45, 2.75) is 13.5 Å². The molecule has 4 nitrogen and oxygen atoms in total. The Morgan fingerprint density at radius 1 is 1.44 bits per heavy atom. The van der Waals surface area contributed by atoms with Crippen LogP contribution in [0.25, 0.3) is 0 Å². The number of anilines is 1. The predicted molar refractivity (Wildman–Crippen MR) is 69.4 cm³/mol. The van der Waals surface area contributed by atoms with Gasteiger partial charge in [0.05, 0.1) is 10.6 Å². The first kappa shape index (κ1) is 12.5. The first-order chi connectivity index (χ1) is 8.56. The zero-order valence-corrected chi connectivity index (χ0v) is 10.5. The smallest absolute Gasteiger partial charge is 0.324 e. The Kier molecular flexibility index (Phi) is 3.57. The van der Waals surface area contributed by atoms with Gasteiger partial charge < -0.3 is 5.32 Å². The largest absolute Gasteiger partial charge is 0.379 e. The van der Waals surface area contributed by atoms with E-state index in [0.717, 1.165) is 22.5 Å². The van der Waals surface area contributed by atoms with Crippen LogP contribution in [0.1, 0.15) is 11.1 Å². The zero-order chi connectivity index (χ0) is 13.1. The highest BCUT2D eigenvalue weighted by molar-refractivity contribution is 7.13. The van der Waals surface area contributed by atoms with E-state index in [1.807, 2.05) is 13.0 Å². The number of rotatable bonds is 4. The van der Waals surface area contributed by atoms with E-state index in [4.69, 9.17) is 0 Å². The van der Waals surface area contributed by atoms with Gasteiger partial charge in [0.2, 0.25) is 0 Å². The molecule has 0 saturated carbocycles. The summed E-state index contributed by atoms with van der Waals surface area (Å²) < 4.78 is 13.5. The maximum Gasteiger partial charge on any atom is 0.324 e. The van der Waals surface area contributed by atoms with Crippen LogP contribution in [-0.4, -0.2) is 4.92 Å². The fourth-order valence-corrected chi connectivity index (χ4v) is 2.24. The summed E-state index contributed by atoms with van der Waals surface area (Å²) in [7, 11) is 0. The molecule has 94 valence electrons. The van der Waals surface area contributed by atoms with Crippen LogP contribution in [0.3, 0.4) is 0 Å². The monoisotopic (exact) mass is 266 g/mol. The molecule has 1 N–H and O–H groups in total. The highest BCUT2D eigenvalue weighted by Gasteiger charge is 2.09. The van der Waals surface area contributed by atoms with Gasteiger partial charge in [0.15, 0.2) is 0 Å². The number of hydrogen-bond donors (Lipinski definition) is 1. The molecule has 0 radical (unpaired) electrons. The number of nitrogens with one attached hydrogen (secondary N) is 1. The van der Waals surface area contributed by atoms with E-state index in [0.29, 0.717) is 12.2 Å². The maximum absolute atomic E-state index is 13.5. The number of thiophene rings is 1. The average Bonchev–Trinajstić information content (AvgIpc) is 2.76. The molecule has 1 aromatic heterocycles. The van der Waals surface area contributed by atoms with Gasteiger partial charge in [0.1, 0.15) is 5.82 Å². The van der Waals surface area contributed by atoms with E-state index in [1.54, 1.807) is 11.4 Å². The molecule has 0 bridgehead atoms. The molecule has 0 amide bonds. The second-order valence-corrected chi connectivity index (χ2v) is 4.78. The maximum atomic E-state index is 13.5. The molecule has 0 spiro atoms. The van der Waals surface area contributed by atoms with E-state index in [1.165, 1.54) is 12.1 Å². The van der Waals surface area contributed by atoms with Gasteiger partial charge in [-0.25, -0.2) is 4.39 Å². The molecular weight excluding hydrogens is 255 g/mol. The third kappa shape index (κ3) is 2.84. The molecule has 2 aromatic rings. The molecule has 18 heavy (non-hydrogen) atoms. The van der Waals surface area contributed by atoms with Gasteiger partial charge in [-0.3, -0.25) is 10.1 Å². The van der Waals surface area contributed by atoms with Crippen molar-refractivity contribution in [3.8, 4) is 0 Å². The molecule has 2 rings (SSSR count). The first-order valence-electron chi connectivity index (χ1n) is 5.28. The fourth-order valence-electron chi connectivity index (χ4n) is 1.51. The lowest BCUT2D eigenvalue weighted by Gasteiger charge is -2.06. The highest BCUT2D eigenvalue weighted by Crippen LogP contribution is 2.23.